The number of aromatic carboxylic acids is 1. The lowest BCUT2D eigenvalue weighted by atomic mass is 9.62. The molecule has 10 heteroatoms. The number of nitrogens with one attached hydrogen (secondary N) is 1. The average Bonchev–Trinajstić information content (AvgIpc) is 3.05. The largest absolute Gasteiger partial charge is 0.478 e. The summed E-state index contributed by atoms with van der Waals surface area (Å²) in [6.07, 6.45) is 8.40. The van der Waals surface area contributed by atoms with Gasteiger partial charge in [0.15, 0.2) is 0 Å². The second-order valence-corrected chi connectivity index (χ2v) is 10.7. The molecule has 0 spiro atoms. The minimum Gasteiger partial charge on any atom is -0.478 e. The number of carboxylic acid groups (broad SMARTS) is 1. The Kier molecular flexibility index (Phi) is 7.74. The number of carbonyl (C=O) groups excluding carboxylic acids is 4. The number of allylic oxidation sites excluding steroid dienone is 3. The van der Waals surface area contributed by atoms with Gasteiger partial charge in [0.2, 0.25) is 0 Å². The summed E-state index contributed by atoms with van der Waals surface area (Å²) in [5.74, 6) is -3.30. The number of methoxy groups -OCH3 is 1. The first-order valence-corrected chi connectivity index (χ1v) is 13.1. The molecule has 10 nitrogen and oxygen atoms in total. The molecule has 1 aromatic rings. The molecule has 0 unspecified atom stereocenters. The second kappa shape index (κ2) is 10.7. The van der Waals surface area contributed by atoms with Gasteiger partial charge in [-0.05, 0) is 76.3 Å². The van der Waals surface area contributed by atoms with Gasteiger partial charge in [0.1, 0.15) is 16.6 Å². The van der Waals surface area contributed by atoms with Gasteiger partial charge in [-0.2, -0.15) is 0 Å². The van der Waals surface area contributed by atoms with Crippen molar-refractivity contribution in [1.29, 1.82) is 0 Å². The van der Waals surface area contributed by atoms with Crippen molar-refractivity contribution in [1.82, 2.24) is 0 Å². The summed E-state index contributed by atoms with van der Waals surface area (Å²) >= 11 is 0. The van der Waals surface area contributed by atoms with Crippen LogP contribution in [-0.4, -0.2) is 53.2 Å². The zero-order valence-electron chi connectivity index (χ0n) is 22.9. The average molecular weight is 552 g/mol. The van der Waals surface area contributed by atoms with E-state index in [1.807, 2.05) is 0 Å². The van der Waals surface area contributed by atoms with E-state index in [4.69, 9.17) is 19.3 Å². The molecule has 4 atom stereocenters. The fraction of sp³-hybridized carbons (Fsp3) is 0.433. The summed E-state index contributed by atoms with van der Waals surface area (Å²) in [4.78, 5) is 62.0. The maximum atomic E-state index is 13.7. The summed E-state index contributed by atoms with van der Waals surface area (Å²) in [6.45, 7) is 4.70. The third-order valence-electron chi connectivity index (χ3n) is 8.39. The molecule has 1 heterocycles. The zero-order valence-corrected chi connectivity index (χ0v) is 22.9. The topological polar surface area (TPSA) is 145 Å². The summed E-state index contributed by atoms with van der Waals surface area (Å²) < 4.78 is 17.0. The van der Waals surface area contributed by atoms with Crippen LogP contribution in [0.4, 0.5) is 5.69 Å². The van der Waals surface area contributed by atoms with Crippen LogP contribution in [0.25, 0.3) is 0 Å². The predicted molar refractivity (Wildman–Crippen MR) is 143 cm³/mol. The number of carbonyl (C=O) groups is 5. The number of cyclic esters (lactones) is 1. The van der Waals surface area contributed by atoms with Crippen LogP contribution in [0.3, 0.4) is 0 Å². The van der Waals surface area contributed by atoms with Gasteiger partial charge in [0.25, 0.3) is 5.91 Å². The Morgan fingerprint density at radius 1 is 1.12 bits per heavy atom. The van der Waals surface area contributed by atoms with Crippen LogP contribution in [0.5, 0.6) is 0 Å². The van der Waals surface area contributed by atoms with Crippen molar-refractivity contribution >= 4 is 35.5 Å². The predicted octanol–water partition coefficient (Wildman–Crippen LogP) is 4.12. The van der Waals surface area contributed by atoms with Crippen LogP contribution in [0.15, 0.2) is 59.7 Å². The number of carboxylic acids is 1. The zero-order chi connectivity index (χ0) is 29.3. The minimum absolute atomic E-state index is 0.108. The Labute approximate surface area is 232 Å². The lowest BCUT2D eigenvalue weighted by Gasteiger charge is -2.54. The highest BCUT2D eigenvalue weighted by atomic mass is 16.6. The van der Waals surface area contributed by atoms with Gasteiger partial charge in [-0.25, -0.2) is 9.59 Å². The van der Waals surface area contributed by atoms with E-state index in [1.165, 1.54) is 38.3 Å². The highest BCUT2D eigenvalue weighted by Crippen LogP contribution is 2.65. The molecule has 0 aromatic heterocycles. The van der Waals surface area contributed by atoms with Crippen molar-refractivity contribution in [3.8, 4) is 0 Å². The number of anilines is 1. The lowest BCUT2D eigenvalue weighted by molar-refractivity contribution is -0.235. The van der Waals surface area contributed by atoms with Gasteiger partial charge in [-0.15, -0.1) is 0 Å². The van der Waals surface area contributed by atoms with Crippen molar-refractivity contribution < 1.29 is 43.3 Å². The first-order valence-electron chi connectivity index (χ1n) is 13.1. The number of benzene rings is 1. The monoisotopic (exact) mass is 551 g/mol. The van der Waals surface area contributed by atoms with Crippen LogP contribution < -0.4 is 5.32 Å². The highest BCUT2D eigenvalue weighted by Gasteiger charge is 2.74. The molecule has 3 aliphatic rings. The maximum Gasteiger partial charge on any atom is 0.335 e. The van der Waals surface area contributed by atoms with Gasteiger partial charge in [-0.3, -0.25) is 14.4 Å². The number of ether oxygens (including phenoxy) is 3. The highest BCUT2D eigenvalue weighted by molar-refractivity contribution is 6.03. The Morgan fingerprint density at radius 2 is 1.82 bits per heavy atom. The summed E-state index contributed by atoms with van der Waals surface area (Å²) in [5.41, 5.74) is -2.05. The smallest absolute Gasteiger partial charge is 0.335 e. The van der Waals surface area contributed by atoms with Gasteiger partial charge in [0, 0.05) is 29.7 Å². The Hall–Kier alpha value is -4.21. The number of hydrogen-bond acceptors (Lipinski definition) is 8. The maximum absolute atomic E-state index is 13.7. The van der Waals surface area contributed by atoms with Gasteiger partial charge >= 0.3 is 23.9 Å². The molecule has 1 aromatic carbocycles. The van der Waals surface area contributed by atoms with Crippen LogP contribution >= 0.6 is 0 Å². The molecule has 1 saturated carbocycles. The third-order valence-corrected chi connectivity index (χ3v) is 8.39. The molecule has 1 aliphatic heterocycles. The molecule has 4 rings (SSSR count). The van der Waals surface area contributed by atoms with E-state index in [1.54, 1.807) is 38.2 Å². The van der Waals surface area contributed by atoms with Crippen molar-refractivity contribution in [3.05, 3.63) is 65.3 Å². The molecule has 2 fully saturated rings. The Morgan fingerprint density at radius 3 is 2.45 bits per heavy atom. The molecule has 2 N–H and O–H groups in total. The van der Waals surface area contributed by atoms with Gasteiger partial charge in [-0.1, -0.05) is 18.2 Å². The standard InChI is InChI=1S/C30H33NO9/c1-18(24(33)31-22-9-7-20(8-10-22)25(34)35)6-5-14-28(3)23-13-16-29(27(37)40-28)15-11-21(26(36)38-4)12-17-30(23,29)39-19(2)32/h5-11,14,23H,12-13,15-17H2,1-4H3,(H,31,33)(H,34,35)/b14-5+,18-6+/t23-,28+,29+,30-/m0/s1. The van der Waals surface area contributed by atoms with Crippen molar-refractivity contribution in [2.24, 2.45) is 11.3 Å². The lowest BCUT2D eigenvalue weighted by Crippen LogP contribution is -2.65. The first kappa shape index (κ1) is 28.8. The molecule has 0 radical (unpaired) electrons. The summed E-state index contributed by atoms with van der Waals surface area (Å²) in [5, 5.41) is 11.7. The number of esters is 3. The second-order valence-electron chi connectivity index (χ2n) is 10.7. The SMILES string of the molecule is COC(=O)C1=CC[C@@]23CC[C@@H]([C@@](C)(/C=C/C=C(\C)C(=O)Nc4ccc(C(=O)O)cc4)OC2=O)[C@@]3(OC(C)=O)CC1. The summed E-state index contributed by atoms with van der Waals surface area (Å²) in [7, 11) is 1.30. The molecule has 1 amide bonds. The van der Waals surface area contributed by atoms with E-state index in [9.17, 15) is 24.0 Å². The van der Waals surface area contributed by atoms with Crippen LogP contribution in [0, 0.1) is 11.3 Å². The first-order chi connectivity index (χ1) is 18.9. The quantitative estimate of drug-likeness (QED) is 0.221. The molecule has 2 bridgehead atoms. The fourth-order valence-electron chi connectivity index (χ4n) is 6.38. The summed E-state index contributed by atoms with van der Waals surface area (Å²) in [6, 6.07) is 5.79. The molecule has 40 heavy (non-hydrogen) atoms. The number of hydrogen-bond donors (Lipinski definition) is 2. The van der Waals surface area contributed by atoms with E-state index >= 15 is 0 Å². The third kappa shape index (κ3) is 4.94. The van der Waals surface area contributed by atoms with E-state index in [0.29, 0.717) is 29.7 Å². The van der Waals surface area contributed by atoms with E-state index in [-0.39, 0.29) is 36.7 Å². The van der Waals surface area contributed by atoms with E-state index < -0.39 is 40.5 Å². The van der Waals surface area contributed by atoms with Crippen LogP contribution in [-0.2, 0) is 33.4 Å². The molecular weight excluding hydrogens is 518 g/mol. The normalized spacial score (nSPS) is 29.5. The number of amides is 1. The van der Waals surface area contributed by atoms with Gasteiger partial charge < -0.3 is 24.6 Å². The number of rotatable bonds is 7. The molecule has 1 saturated heterocycles. The van der Waals surface area contributed by atoms with Crippen LogP contribution in [0.1, 0.15) is 63.2 Å². The van der Waals surface area contributed by atoms with Crippen molar-refractivity contribution in [2.45, 2.75) is 64.1 Å². The van der Waals surface area contributed by atoms with Crippen molar-refractivity contribution in [3.63, 3.8) is 0 Å². The molecule has 212 valence electrons. The fourth-order valence-corrected chi connectivity index (χ4v) is 6.38. The van der Waals surface area contributed by atoms with E-state index in [2.05, 4.69) is 5.32 Å². The van der Waals surface area contributed by atoms with Crippen LogP contribution in [0.2, 0.25) is 0 Å². The minimum atomic E-state index is -1.17. The Bertz CT molecular complexity index is 1340. The van der Waals surface area contributed by atoms with E-state index in [0.717, 1.165) is 0 Å². The Balaban J connectivity index is 1.58. The van der Waals surface area contributed by atoms with Gasteiger partial charge in [0.05, 0.1) is 12.7 Å². The molecule has 2 aliphatic carbocycles. The van der Waals surface area contributed by atoms with Crippen molar-refractivity contribution in [2.75, 3.05) is 12.4 Å². The molecular formula is C30H33NO9.